The normalized spacial score (nSPS) is 21.1. The largest absolute Gasteiger partial charge is 0.381 e. The summed E-state index contributed by atoms with van der Waals surface area (Å²) in [5.74, 6) is 2.51. The van der Waals surface area contributed by atoms with E-state index in [4.69, 9.17) is 11.6 Å². The van der Waals surface area contributed by atoms with Crippen LogP contribution in [0.25, 0.3) is 0 Å². The summed E-state index contributed by atoms with van der Waals surface area (Å²) >= 11 is 7.92. The molecule has 14 heavy (non-hydrogen) atoms. The van der Waals surface area contributed by atoms with E-state index in [0.717, 1.165) is 5.02 Å². The van der Waals surface area contributed by atoms with Gasteiger partial charge in [-0.2, -0.15) is 11.8 Å². The van der Waals surface area contributed by atoms with Gasteiger partial charge in [0.25, 0.3) is 0 Å². The van der Waals surface area contributed by atoms with E-state index in [1.807, 2.05) is 23.9 Å². The van der Waals surface area contributed by atoms with E-state index < -0.39 is 0 Å². The predicted octanol–water partition coefficient (Wildman–Crippen LogP) is 3.57. The number of hydrogen-bond donors (Lipinski definition) is 1. The van der Waals surface area contributed by atoms with E-state index in [1.54, 1.807) is 0 Å². The molecule has 1 heterocycles. The molecular formula is C11H14ClNS. The molecule has 0 spiro atoms. The molecule has 1 N–H and O–H groups in total. The van der Waals surface area contributed by atoms with Crippen LogP contribution in [-0.4, -0.2) is 17.5 Å². The van der Waals surface area contributed by atoms with Crippen molar-refractivity contribution in [3.8, 4) is 0 Å². The predicted molar refractivity (Wildman–Crippen MR) is 65.5 cm³/mol. The molecule has 0 aliphatic carbocycles. The van der Waals surface area contributed by atoms with Gasteiger partial charge >= 0.3 is 0 Å². The number of benzene rings is 1. The van der Waals surface area contributed by atoms with Crippen LogP contribution in [-0.2, 0) is 0 Å². The molecule has 3 heteroatoms. The minimum Gasteiger partial charge on any atom is -0.381 e. The standard InChI is InChI=1S/C11H14ClNS/c1-8-6-9(12)2-3-11(8)13-10-4-5-14-7-10/h2-3,6,10,13H,4-5,7H2,1H3. The molecule has 1 nitrogen and oxygen atoms in total. The molecule has 0 saturated carbocycles. The molecule has 1 unspecified atom stereocenters. The summed E-state index contributed by atoms with van der Waals surface area (Å²) < 4.78 is 0. The molecule has 1 aromatic rings. The second kappa shape index (κ2) is 4.45. The second-order valence-electron chi connectivity index (χ2n) is 3.66. The van der Waals surface area contributed by atoms with Crippen molar-refractivity contribution < 1.29 is 0 Å². The first-order chi connectivity index (χ1) is 6.75. The quantitative estimate of drug-likeness (QED) is 0.829. The van der Waals surface area contributed by atoms with Gasteiger partial charge in [0.2, 0.25) is 0 Å². The van der Waals surface area contributed by atoms with Gasteiger partial charge in [-0.05, 0) is 42.9 Å². The number of thioether (sulfide) groups is 1. The first-order valence-electron chi connectivity index (χ1n) is 4.86. The molecule has 2 rings (SSSR count). The van der Waals surface area contributed by atoms with Crippen LogP contribution in [0.4, 0.5) is 5.69 Å². The Bertz CT molecular complexity index is 321. The monoisotopic (exact) mass is 227 g/mol. The molecule has 0 amide bonds. The first kappa shape index (κ1) is 10.2. The SMILES string of the molecule is Cc1cc(Cl)ccc1NC1CCSC1. The summed E-state index contributed by atoms with van der Waals surface area (Å²) in [6.45, 7) is 2.09. The number of nitrogens with one attached hydrogen (secondary N) is 1. The third-order valence-electron chi connectivity index (χ3n) is 2.48. The van der Waals surface area contributed by atoms with Crippen LogP contribution in [0.5, 0.6) is 0 Å². The molecule has 1 aliphatic rings. The van der Waals surface area contributed by atoms with Crippen molar-refractivity contribution in [3.05, 3.63) is 28.8 Å². The molecule has 1 aliphatic heterocycles. The molecule has 0 radical (unpaired) electrons. The number of halogens is 1. The Morgan fingerprint density at radius 1 is 1.50 bits per heavy atom. The Kier molecular flexibility index (Phi) is 3.24. The van der Waals surface area contributed by atoms with Crippen LogP contribution in [0.2, 0.25) is 5.02 Å². The summed E-state index contributed by atoms with van der Waals surface area (Å²) in [6, 6.07) is 6.66. The van der Waals surface area contributed by atoms with Crippen molar-refractivity contribution in [2.75, 3.05) is 16.8 Å². The Labute approximate surface area is 94.2 Å². The fraction of sp³-hybridized carbons (Fsp3) is 0.455. The lowest BCUT2D eigenvalue weighted by molar-refractivity contribution is 0.812. The maximum absolute atomic E-state index is 5.90. The third-order valence-corrected chi connectivity index (χ3v) is 3.88. The highest BCUT2D eigenvalue weighted by Crippen LogP contribution is 2.24. The summed E-state index contributed by atoms with van der Waals surface area (Å²) in [5.41, 5.74) is 2.45. The van der Waals surface area contributed by atoms with E-state index in [-0.39, 0.29) is 0 Å². The van der Waals surface area contributed by atoms with Gasteiger partial charge in [0, 0.05) is 22.5 Å². The van der Waals surface area contributed by atoms with E-state index in [9.17, 15) is 0 Å². The number of aryl methyl sites for hydroxylation is 1. The van der Waals surface area contributed by atoms with Crippen LogP contribution >= 0.6 is 23.4 Å². The lowest BCUT2D eigenvalue weighted by Crippen LogP contribution is -2.18. The van der Waals surface area contributed by atoms with Gasteiger partial charge in [0.05, 0.1) is 0 Å². The average Bonchev–Trinajstić information content (AvgIpc) is 2.62. The Hall–Kier alpha value is -0.340. The Morgan fingerprint density at radius 3 is 3.00 bits per heavy atom. The molecule has 1 atom stereocenters. The van der Waals surface area contributed by atoms with Gasteiger partial charge in [-0.3, -0.25) is 0 Å². The molecule has 0 aromatic heterocycles. The lowest BCUT2D eigenvalue weighted by Gasteiger charge is -2.15. The average molecular weight is 228 g/mol. The minimum absolute atomic E-state index is 0.639. The summed E-state index contributed by atoms with van der Waals surface area (Å²) in [5, 5.41) is 4.37. The number of rotatable bonds is 2. The summed E-state index contributed by atoms with van der Waals surface area (Å²) in [7, 11) is 0. The van der Waals surface area contributed by atoms with Crippen molar-refractivity contribution >= 4 is 29.1 Å². The first-order valence-corrected chi connectivity index (χ1v) is 6.39. The fourth-order valence-electron chi connectivity index (χ4n) is 1.66. The zero-order chi connectivity index (χ0) is 9.97. The lowest BCUT2D eigenvalue weighted by atomic mass is 10.1. The molecule has 1 fully saturated rings. The van der Waals surface area contributed by atoms with Crippen molar-refractivity contribution in [1.29, 1.82) is 0 Å². The highest BCUT2D eigenvalue weighted by atomic mass is 35.5. The van der Waals surface area contributed by atoms with E-state index in [0.29, 0.717) is 6.04 Å². The van der Waals surface area contributed by atoms with E-state index in [1.165, 1.54) is 29.2 Å². The van der Waals surface area contributed by atoms with Crippen molar-refractivity contribution in [3.63, 3.8) is 0 Å². The fourth-order valence-corrected chi connectivity index (χ4v) is 3.04. The van der Waals surface area contributed by atoms with Crippen LogP contribution in [0.15, 0.2) is 18.2 Å². The maximum Gasteiger partial charge on any atom is 0.0410 e. The molecule has 0 bridgehead atoms. The second-order valence-corrected chi connectivity index (χ2v) is 5.25. The van der Waals surface area contributed by atoms with Gasteiger partial charge in [0.15, 0.2) is 0 Å². The third kappa shape index (κ3) is 2.37. The van der Waals surface area contributed by atoms with Crippen molar-refractivity contribution in [2.45, 2.75) is 19.4 Å². The highest BCUT2D eigenvalue weighted by molar-refractivity contribution is 7.99. The van der Waals surface area contributed by atoms with E-state index in [2.05, 4.69) is 18.3 Å². The smallest absolute Gasteiger partial charge is 0.0410 e. The zero-order valence-electron chi connectivity index (χ0n) is 8.22. The molecule has 1 aromatic carbocycles. The van der Waals surface area contributed by atoms with Gasteiger partial charge in [-0.25, -0.2) is 0 Å². The van der Waals surface area contributed by atoms with Gasteiger partial charge in [-0.15, -0.1) is 0 Å². The molecule has 76 valence electrons. The van der Waals surface area contributed by atoms with Crippen molar-refractivity contribution in [2.24, 2.45) is 0 Å². The van der Waals surface area contributed by atoms with Crippen LogP contribution in [0.1, 0.15) is 12.0 Å². The van der Waals surface area contributed by atoms with E-state index >= 15 is 0 Å². The summed E-state index contributed by atoms with van der Waals surface area (Å²) in [4.78, 5) is 0. The van der Waals surface area contributed by atoms with Crippen molar-refractivity contribution in [1.82, 2.24) is 0 Å². The Morgan fingerprint density at radius 2 is 2.36 bits per heavy atom. The van der Waals surface area contributed by atoms with Gasteiger partial charge < -0.3 is 5.32 Å². The van der Waals surface area contributed by atoms with Gasteiger partial charge in [0.1, 0.15) is 0 Å². The Balaban J connectivity index is 2.08. The van der Waals surface area contributed by atoms with Crippen LogP contribution < -0.4 is 5.32 Å². The number of anilines is 1. The molecular weight excluding hydrogens is 214 g/mol. The summed E-state index contributed by atoms with van der Waals surface area (Å²) in [6.07, 6.45) is 1.27. The number of hydrogen-bond acceptors (Lipinski definition) is 2. The topological polar surface area (TPSA) is 12.0 Å². The highest BCUT2D eigenvalue weighted by Gasteiger charge is 2.15. The van der Waals surface area contributed by atoms with Gasteiger partial charge in [-0.1, -0.05) is 11.6 Å². The minimum atomic E-state index is 0.639. The zero-order valence-corrected chi connectivity index (χ0v) is 9.79. The maximum atomic E-state index is 5.90. The van der Waals surface area contributed by atoms with Crippen LogP contribution in [0, 0.1) is 6.92 Å². The van der Waals surface area contributed by atoms with Crippen LogP contribution in [0.3, 0.4) is 0 Å². The molecule has 1 saturated heterocycles.